The third kappa shape index (κ3) is 2.72. The van der Waals surface area contributed by atoms with Crippen LogP contribution >= 0.6 is 0 Å². The number of benzene rings is 2. The van der Waals surface area contributed by atoms with Crippen LogP contribution in [-0.2, 0) is 0 Å². The molecule has 0 saturated carbocycles. The first-order chi connectivity index (χ1) is 8.29. The van der Waals surface area contributed by atoms with Gasteiger partial charge in [-0.3, -0.25) is 0 Å². The smallest absolute Gasteiger partial charge is 0.248 e. The third-order valence-electron chi connectivity index (χ3n) is 2.12. The molecule has 0 aliphatic rings. The lowest BCUT2D eigenvalue weighted by atomic mass is 10.3. The molecule has 0 unspecified atom stereocenters. The van der Waals surface area contributed by atoms with Crippen LogP contribution < -0.4 is 4.74 Å². The fourth-order valence-electron chi connectivity index (χ4n) is 1.32. The highest BCUT2D eigenvalue weighted by atomic mass is 16.6. The molecule has 5 nitrogen and oxygen atoms in total. The summed E-state index contributed by atoms with van der Waals surface area (Å²) < 4.78 is 5.53. The summed E-state index contributed by atoms with van der Waals surface area (Å²) in [6.45, 7) is 0. The molecular weight excluding hydrogens is 220 g/mol. The highest BCUT2D eigenvalue weighted by molar-refractivity contribution is 5.38. The molecule has 0 atom stereocenters. The van der Waals surface area contributed by atoms with E-state index >= 15 is 0 Å². The minimum Gasteiger partial charge on any atom is -0.592 e. The van der Waals surface area contributed by atoms with Crippen LogP contribution in [0.25, 0.3) is 0 Å². The van der Waals surface area contributed by atoms with Crippen molar-refractivity contribution in [3.05, 3.63) is 59.8 Å². The number of ether oxygens (including phenoxy) is 1. The van der Waals surface area contributed by atoms with Gasteiger partial charge in [0.2, 0.25) is 11.0 Å². The summed E-state index contributed by atoms with van der Waals surface area (Å²) in [4.78, 5) is 0.117. The number of para-hydroxylation sites is 1. The Morgan fingerprint density at radius 3 is 2.12 bits per heavy atom. The van der Waals surface area contributed by atoms with Gasteiger partial charge in [-0.1, -0.05) is 18.2 Å². The molecule has 86 valence electrons. The van der Waals surface area contributed by atoms with E-state index in [9.17, 15) is 5.21 Å². The molecular formula is C12H10N2O3. The average molecular weight is 230 g/mol. The van der Waals surface area contributed by atoms with E-state index in [1.54, 1.807) is 12.1 Å². The summed E-state index contributed by atoms with van der Waals surface area (Å²) >= 11 is 0. The zero-order chi connectivity index (χ0) is 12.1. The van der Waals surface area contributed by atoms with Crippen LogP contribution in [0.1, 0.15) is 0 Å². The molecule has 0 radical (unpaired) electrons. The van der Waals surface area contributed by atoms with Crippen molar-refractivity contribution in [2.75, 3.05) is 0 Å². The largest absolute Gasteiger partial charge is 0.592 e. The van der Waals surface area contributed by atoms with Gasteiger partial charge in [0.15, 0.2) is 0 Å². The van der Waals surface area contributed by atoms with Crippen molar-refractivity contribution in [3.63, 3.8) is 0 Å². The fourth-order valence-corrected chi connectivity index (χ4v) is 1.32. The Kier molecular flexibility index (Phi) is 3.20. The maximum atomic E-state index is 10.9. The second kappa shape index (κ2) is 4.98. The van der Waals surface area contributed by atoms with E-state index in [-0.39, 0.29) is 10.5 Å². The molecule has 0 aliphatic carbocycles. The van der Waals surface area contributed by atoms with E-state index in [0.717, 1.165) is 0 Å². The molecule has 0 aliphatic heterocycles. The number of rotatable bonds is 3. The van der Waals surface area contributed by atoms with Crippen molar-refractivity contribution in [1.29, 1.82) is 0 Å². The van der Waals surface area contributed by atoms with Gasteiger partial charge < -0.3 is 15.2 Å². The van der Waals surface area contributed by atoms with Gasteiger partial charge in [0.1, 0.15) is 11.5 Å². The Morgan fingerprint density at radius 1 is 0.941 bits per heavy atom. The summed E-state index contributed by atoms with van der Waals surface area (Å²) in [5.74, 6) is 1.32. The Morgan fingerprint density at radius 2 is 1.53 bits per heavy atom. The summed E-state index contributed by atoms with van der Waals surface area (Å²) in [5.41, 5.74) is 0.230. The van der Waals surface area contributed by atoms with Crippen LogP contribution in [0.5, 0.6) is 11.5 Å². The van der Waals surface area contributed by atoms with Gasteiger partial charge in [0, 0.05) is 12.1 Å². The van der Waals surface area contributed by atoms with Gasteiger partial charge in [-0.05, 0) is 29.1 Å². The standard InChI is InChI=1S/C12H10N2O3/c15-13-14(16)10-6-8-12(9-7-10)17-11-4-2-1-3-5-11/h1-9,15H/b14-13+. The van der Waals surface area contributed by atoms with Gasteiger partial charge in [-0.15, -0.1) is 0 Å². The summed E-state index contributed by atoms with van der Waals surface area (Å²) in [6, 6.07) is 15.6. The predicted molar refractivity (Wildman–Crippen MR) is 60.5 cm³/mol. The van der Waals surface area contributed by atoms with Gasteiger partial charge in [0.05, 0.1) is 0 Å². The molecule has 0 bridgehead atoms. The monoisotopic (exact) mass is 230 g/mol. The topological polar surface area (TPSA) is 67.9 Å². The number of hydrogen-bond acceptors (Lipinski definition) is 3. The van der Waals surface area contributed by atoms with Crippen molar-refractivity contribution >= 4 is 5.69 Å². The molecule has 2 aromatic rings. The molecule has 5 heteroatoms. The SMILES string of the molecule is [O-]/[N+](=N/O)c1ccc(Oc2ccccc2)cc1. The van der Waals surface area contributed by atoms with E-state index in [1.807, 2.05) is 30.3 Å². The molecule has 0 heterocycles. The first-order valence-corrected chi connectivity index (χ1v) is 4.95. The van der Waals surface area contributed by atoms with Gasteiger partial charge in [-0.25, -0.2) is 0 Å². The van der Waals surface area contributed by atoms with Crippen LogP contribution in [0, 0.1) is 5.21 Å². The van der Waals surface area contributed by atoms with Gasteiger partial charge in [-0.2, -0.15) is 0 Å². The quantitative estimate of drug-likeness (QED) is 0.498. The summed E-state index contributed by atoms with van der Waals surface area (Å²) in [6.07, 6.45) is 0. The predicted octanol–water partition coefficient (Wildman–Crippen LogP) is 3.46. The second-order valence-electron chi connectivity index (χ2n) is 3.27. The van der Waals surface area contributed by atoms with Crippen molar-refractivity contribution in [3.8, 4) is 11.5 Å². The molecule has 0 saturated heterocycles. The summed E-state index contributed by atoms with van der Waals surface area (Å²) in [5, 5.41) is 21.8. The minimum atomic E-state index is 0.117. The van der Waals surface area contributed by atoms with Crippen molar-refractivity contribution in [2.24, 2.45) is 5.28 Å². The lowest BCUT2D eigenvalue weighted by molar-refractivity contribution is -0.473. The van der Waals surface area contributed by atoms with E-state index in [4.69, 9.17) is 9.94 Å². The van der Waals surface area contributed by atoms with Crippen LogP contribution in [0.3, 0.4) is 0 Å². The number of hydrogen-bond donors (Lipinski definition) is 1. The molecule has 2 aromatic carbocycles. The highest BCUT2D eigenvalue weighted by Crippen LogP contribution is 2.23. The zero-order valence-corrected chi connectivity index (χ0v) is 8.85. The zero-order valence-electron chi connectivity index (χ0n) is 8.85. The Balaban J connectivity index is 2.14. The molecule has 0 spiro atoms. The summed E-state index contributed by atoms with van der Waals surface area (Å²) in [7, 11) is 0. The first-order valence-electron chi connectivity index (χ1n) is 4.95. The minimum absolute atomic E-state index is 0.117. The third-order valence-corrected chi connectivity index (χ3v) is 2.12. The fraction of sp³-hybridized carbons (Fsp3) is 0. The van der Waals surface area contributed by atoms with Gasteiger partial charge >= 0.3 is 0 Å². The molecule has 0 aromatic heterocycles. The lowest BCUT2D eigenvalue weighted by Crippen LogP contribution is -1.90. The van der Waals surface area contributed by atoms with Gasteiger partial charge in [0.25, 0.3) is 0 Å². The van der Waals surface area contributed by atoms with E-state index in [2.05, 4.69) is 5.28 Å². The van der Waals surface area contributed by atoms with Crippen LogP contribution in [0.2, 0.25) is 0 Å². The van der Waals surface area contributed by atoms with Crippen LogP contribution in [0.15, 0.2) is 59.9 Å². The maximum Gasteiger partial charge on any atom is 0.248 e. The van der Waals surface area contributed by atoms with E-state index in [1.165, 1.54) is 12.1 Å². The number of nitrogens with zero attached hydrogens (tertiary/aromatic N) is 2. The maximum absolute atomic E-state index is 10.9. The molecule has 1 N–H and O–H groups in total. The lowest BCUT2D eigenvalue weighted by Gasteiger charge is -2.04. The first kappa shape index (κ1) is 10.9. The Hall–Kier alpha value is -2.56. The Bertz CT molecular complexity index is 509. The van der Waals surface area contributed by atoms with Crippen molar-refractivity contribution in [1.82, 2.24) is 0 Å². The molecule has 2 rings (SSSR count). The molecule has 17 heavy (non-hydrogen) atoms. The highest BCUT2D eigenvalue weighted by Gasteiger charge is 2.04. The average Bonchev–Trinajstić information content (AvgIpc) is 2.40. The van der Waals surface area contributed by atoms with Crippen molar-refractivity contribution in [2.45, 2.75) is 0 Å². The molecule has 0 fully saturated rings. The molecule has 0 amide bonds. The second-order valence-corrected chi connectivity index (χ2v) is 3.27. The Labute approximate surface area is 97.8 Å². The normalized spacial score (nSPS) is 11.2. The van der Waals surface area contributed by atoms with Crippen LogP contribution in [-0.4, -0.2) is 10.1 Å². The van der Waals surface area contributed by atoms with Crippen molar-refractivity contribution < 1.29 is 14.8 Å². The van der Waals surface area contributed by atoms with E-state index < -0.39 is 0 Å². The van der Waals surface area contributed by atoms with Crippen LogP contribution in [0.4, 0.5) is 5.69 Å². The van der Waals surface area contributed by atoms with E-state index in [0.29, 0.717) is 11.5 Å².